The van der Waals surface area contributed by atoms with Crippen LogP contribution in [0.4, 0.5) is 0 Å². The van der Waals surface area contributed by atoms with Crippen molar-refractivity contribution in [2.45, 2.75) is 45.4 Å². The van der Waals surface area contributed by atoms with Crippen molar-refractivity contribution in [2.75, 3.05) is 6.54 Å². The van der Waals surface area contributed by atoms with E-state index in [1.54, 1.807) is 10.5 Å². The lowest BCUT2D eigenvalue weighted by Gasteiger charge is -2.39. The maximum absolute atomic E-state index is 12.9. The van der Waals surface area contributed by atoms with E-state index in [0.717, 1.165) is 25.7 Å². The van der Waals surface area contributed by atoms with Crippen LogP contribution in [0, 0.1) is 35.0 Å². The molecule has 6 unspecified atom stereocenters. The van der Waals surface area contributed by atoms with Crippen molar-refractivity contribution in [3.63, 3.8) is 0 Å². The minimum absolute atomic E-state index is 0.0390. The number of hydrogen-bond acceptors (Lipinski definition) is 2. The second kappa shape index (κ2) is 3.80. The largest absolute Gasteiger partial charge is 0.282 e. The van der Waals surface area contributed by atoms with Gasteiger partial charge in [-0.25, -0.2) is 0 Å². The number of unbranched alkanes of at least 4 members (excludes halogenated alkanes) is 1. The molecule has 0 radical (unpaired) electrons. The third kappa shape index (κ3) is 1.24. The topological polar surface area (TPSA) is 37.4 Å². The molecule has 3 nitrogen and oxygen atoms in total. The predicted octanol–water partition coefficient (Wildman–Crippen LogP) is 2.76. The summed E-state index contributed by atoms with van der Waals surface area (Å²) in [7, 11) is 0. The first-order valence-electron chi connectivity index (χ1n) is 8.70. The van der Waals surface area contributed by atoms with Gasteiger partial charge < -0.3 is 0 Å². The zero-order valence-electron chi connectivity index (χ0n) is 12.7. The van der Waals surface area contributed by atoms with Gasteiger partial charge in [0.15, 0.2) is 0 Å². The number of likely N-dealkylation sites (tertiary alicyclic amines) is 1. The molecule has 5 aliphatic rings. The molecule has 2 amide bonds. The lowest BCUT2D eigenvalue weighted by molar-refractivity contribution is -0.141. The second-order valence-electron chi connectivity index (χ2n) is 8.04. The van der Waals surface area contributed by atoms with E-state index in [2.05, 4.69) is 13.0 Å². The summed E-state index contributed by atoms with van der Waals surface area (Å²) in [4.78, 5) is 27.4. The Hall–Kier alpha value is -1.12. The van der Waals surface area contributed by atoms with E-state index >= 15 is 0 Å². The van der Waals surface area contributed by atoms with Gasteiger partial charge in [0, 0.05) is 6.54 Å². The van der Waals surface area contributed by atoms with Crippen molar-refractivity contribution in [2.24, 2.45) is 35.0 Å². The van der Waals surface area contributed by atoms with Crippen molar-refractivity contribution >= 4 is 11.8 Å². The molecule has 0 aromatic carbocycles. The fourth-order valence-corrected chi connectivity index (χ4v) is 6.78. The Labute approximate surface area is 125 Å². The van der Waals surface area contributed by atoms with Gasteiger partial charge in [0.2, 0.25) is 11.8 Å². The monoisotopic (exact) mass is 285 g/mol. The average molecular weight is 285 g/mol. The van der Waals surface area contributed by atoms with Gasteiger partial charge >= 0.3 is 0 Å². The Morgan fingerprint density at radius 2 is 2.14 bits per heavy atom. The molecular formula is C18H23NO2. The Morgan fingerprint density at radius 1 is 1.29 bits per heavy atom. The van der Waals surface area contributed by atoms with E-state index in [1.807, 2.05) is 0 Å². The van der Waals surface area contributed by atoms with Crippen LogP contribution in [0.15, 0.2) is 11.6 Å². The Balaban J connectivity index is 1.56. The van der Waals surface area contributed by atoms with Crippen LogP contribution < -0.4 is 0 Å². The van der Waals surface area contributed by atoms with Gasteiger partial charge in [0.25, 0.3) is 0 Å². The van der Waals surface area contributed by atoms with E-state index in [-0.39, 0.29) is 29.1 Å². The molecular weight excluding hydrogens is 262 g/mol. The number of nitrogens with zero attached hydrogens (tertiary/aromatic N) is 1. The first-order valence-corrected chi connectivity index (χ1v) is 8.70. The molecule has 3 heteroatoms. The zero-order chi connectivity index (χ0) is 14.4. The van der Waals surface area contributed by atoms with Gasteiger partial charge in [0.05, 0.1) is 11.8 Å². The highest BCUT2D eigenvalue weighted by Crippen LogP contribution is 2.76. The normalized spacial score (nSPS) is 49.1. The van der Waals surface area contributed by atoms with Crippen LogP contribution in [0.2, 0.25) is 0 Å². The van der Waals surface area contributed by atoms with Crippen molar-refractivity contribution in [1.82, 2.24) is 4.90 Å². The van der Waals surface area contributed by atoms with Crippen LogP contribution >= 0.6 is 0 Å². The number of hydrogen-bond donors (Lipinski definition) is 0. The summed E-state index contributed by atoms with van der Waals surface area (Å²) in [6.45, 7) is 2.77. The molecule has 6 atom stereocenters. The van der Waals surface area contributed by atoms with Crippen LogP contribution in [0.3, 0.4) is 0 Å². The lowest BCUT2D eigenvalue weighted by atomic mass is 9.62. The van der Waals surface area contributed by atoms with Crippen LogP contribution in [0.1, 0.15) is 45.4 Å². The van der Waals surface area contributed by atoms with E-state index < -0.39 is 0 Å². The van der Waals surface area contributed by atoms with Gasteiger partial charge in [-0.3, -0.25) is 14.5 Å². The molecule has 21 heavy (non-hydrogen) atoms. The summed E-state index contributed by atoms with van der Waals surface area (Å²) in [5, 5.41) is 0. The van der Waals surface area contributed by atoms with Crippen molar-refractivity contribution in [1.29, 1.82) is 0 Å². The van der Waals surface area contributed by atoms with Crippen molar-refractivity contribution in [3.8, 4) is 0 Å². The summed E-state index contributed by atoms with van der Waals surface area (Å²) in [5.74, 6) is 2.36. The Kier molecular flexibility index (Phi) is 2.25. The first kappa shape index (κ1) is 12.4. The van der Waals surface area contributed by atoms with E-state index in [4.69, 9.17) is 0 Å². The Bertz CT molecular complexity index is 580. The first-order chi connectivity index (χ1) is 10.2. The van der Waals surface area contributed by atoms with Crippen molar-refractivity contribution in [3.05, 3.63) is 11.6 Å². The fraction of sp³-hybridized carbons (Fsp3) is 0.778. The number of rotatable bonds is 3. The highest BCUT2D eigenvalue weighted by Gasteiger charge is 2.75. The molecule has 4 fully saturated rings. The van der Waals surface area contributed by atoms with Crippen LogP contribution in [-0.4, -0.2) is 23.3 Å². The molecule has 0 aromatic heterocycles. The maximum Gasteiger partial charge on any atom is 0.233 e. The van der Waals surface area contributed by atoms with E-state index in [0.29, 0.717) is 24.3 Å². The van der Waals surface area contributed by atoms with Crippen LogP contribution in [-0.2, 0) is 9.59 Å². The smallest absolute Gasteiger partial charge is 0.233 e. The number of allylic oxidation sites excluding steroid dienone is 2. The number of carbonyl (C=O) groups is 2. The van der Waals surface area contributed by atoms with Gasteiger partial charge in [0.1, 0.15) is 0 Å². The van der Waals surface area contributed by atoms with Crippen LogP contribution in [0.25, 0.3) is 0 Å². The van der Waals surface area contributed by atoms with Crippen LogP contribution in [0.5, 0.6) is 0 Å². The molecule has 4 aliphatic carbocycles. The summed E-state index contributed by atoms with van der Waals surface area (Å²) in [5.41, 5.74) is 1.76. The highest BCUT2D eigenvalue weighted by atomic mass is 16.2. The highest BCUT2D eigenvalue weighted by molar-refractivity contribution is 6.06. The van der Waals surface area contributed by atoms with Crippen molar-refractivity contribution < 1.29 is 9.59 Å². The SMILES string of the molecule is CCCCN1C(=O)C2C3CC4(CC5=CCC3C4C5)C2C1=O. The summed E-state index contributed by atoms with van der Waals surface area (Å²) in [6.07, 6.45) is 9.10. The minimum Gasteiger partial charge on any atom is -0.282 e. The lowest BCUT2D eigenvalue weighted by Crippen LogP contribution is -2.41. The van der Waals surface area contributed by atoms with Gasteiger partial charge in [-0.2, -0.15) is 0 Å². The fourth-order valence-electron chi connectivity index (χ4n) is 6.78. The number of carbonyl (C=O) groups excluding carboxylic acids is 2. The number of imide groups is 1. The predicted molar refractivity (Wildman–Crippen MR) is 78.1 cm³/mol. The quantitative estimate of drug-likeness (QED) is 0.590. The molecule has 1 saturated heterocycles. The van der Waals surface area contributed by atoms with Gasteiger partial charge in [-0.1, -0.05) is 25.0 Å². The minimum atomic E-state index is 0.0390. The van der Waals surface area contributed by atoms with E-state index in [1.165, 1.54) is 12.8 Å². The van der Waals surface area contributed by atoms with E-state index in [9.17, 15) is 9.59 Å². The van der Waals surface area contributed by atoms with Gasteiger partial charge in [-0.15, -0.1) is 0 Å². The Morgan fingerprint density at radius 3 is 2.95 bits per heavy atom. The molecule has 112 valence electrons. The zero-order valence-corrected chi connectivity index (χ0v) is 12.7. The number of fused-ring (bicyclic) bond motifs is 5. The summed E-state index contributed by atoms with van der Waals surface area (Å²) < 4.78 is 0. The molecule has 0 aromatic rings. The molecule has 4 bridgehead atoms. The molecule has 5 rings (SSSR count). The standard InChI is InChI=1S/C18H23NO2/c1-2-3-6-19-16(20)14-12-9-18(15(14)17(19)21)8-10-4-5-11(12)13(18)7-10/h4,11-15H,2-3,5-9H2,1H3. The van der Waals surface area contributed by atoms with Gasteiger partial charge in [-0.05, 0) is 55.3 Å². The third-order valence-electron chi connectivity index (χ3n) is 7.40. The molecule has 1 aliphatic heterocycles. The molecule has 3 saturated carbocycles. The number of amides is 2. The maximum atomic E-state index is 12.9. The summed E-state index contributed by atoms with van der Waals surface area (Å²) >= 11 is 0. The molecule has 1 spiro atoms. The molecule has 0 N–H and O–H groups in total. The third-order valence-corrected chi connectivity index (χ3v) is 7.40. The second-order valence-corrected chi connectivity index (χ2v) is 8.04. The molecule has 1 heterocycles. The summed E-state index contributed by atoms with van der Waals surface area (Å²) in [6, 6.07) is 0. The average Bonchev–Trinajstić information content (AvgIpc) is 3.12.